The molecule has 1 saturated heterocycles. The Hall–Kier alpha value is -5.40. The van der Waals surface area contributed by atoms with Gasteiger partial charge in [0, 0.05) is 45.0 Å². The van der Waals surface area contributed by atoms with Gasteiger partial charge in [0.05, 0.1) is 25.3 Å². The van der Waals surface area contributed by atoms with Crippen LogP contribution in [0.2, 0.25) is 0 Å². The minimum Gasteiger partial charge on any atom is -0.494 e. The highest BCUT2D eigenvalue weighted by Gasteiger charge is 2.22. The van der Waals surface area contributed by atoms with Crippen LogP contribution in [0, 0.1) is 6.92 Å². The standard InChI is InChI=1S/C30H31F2N9O3/c1-5-26(42)39-10-12-40(13-11-39)30-34-16-23-27(38-30)28(36-17-35-23)37-22-14-19(2)24(15-25(22)43-4)44-21-8-6-20(7-9-21)41(18-33-3)29(31)32/h5-9,14-18,29H,1,10-13H2,2-4H3,(H,35,36,37). The minimum absolute atomic E-state index is 0.0958. The maximum absolute atomic E-state index is 13.3. The number of amides is 1. The van der Waals surface area contributed by atoms with Crippen LogP contribution in [-0.2, 0) is 4.79 Å². The molecule has 1 fully saturated rings. The quantitative estimate of drug-likeness (QED) is 0.117. The number of carbonyl (C=O) groups excluding carboxylic acids is 1. The SMILES string of the molecule is C=CC(=O)N1CCN(c2ncc3ncnc(Nc4cc(C)c(Oc5ccc(N(C=NC)C(F)F)cc5)cc4OC)c3n2)CC1. The van der Waals surface area contributed by atoms with Gasteiger partial charge in [-0.3, -0.25) is 14.7 Å². The third kappa shape index (κ3) is 6.48. The van der Waals surface area contributed by atoms with Gasteiger partial charge in [-0.2, -0.15) is 8.78 Å². The van der Waals surface area contributed by atoms with Gasteiger partial charge in [-0.1, -0.05) is 6.58 Å². The number of halogens is 2. The summed E-state index contributed by atoms with van der Waals surface area (Å²) in [5.41, 5.74) is 2.76. The molecule has 0 radical (unpaired) electrons. The number of carbonyl (C=O) groups is 1. The van der Waals surface area contributed by atoms with Crippen LogP contribution < -0.4 is 24.6 Å². The van der Waals surface area contributed by atoms with Crippen molar-refractivity contribution in [3.63, 3.8) is 0 Å². The lowest BCUT2D eigenvalue weighted by molar-refractivity contribution is -0.126. The number of aliphatic imine (C=N–C) groups is 1. The van der Waals surface area contributed by atoms with E-state index in [9.17, 15) is 13.6 Å². The smallest absolute Gasteiger partial charge is 0.320 e. The van der Waals surface area contributed by atoms with Crippen LogP contribution in [0.15, 0.2) is 66.6 Å². The highest BCUT2D eigenvalue weighted by atomic mass is 19.3. The number of hydrogen-bond donors (Lipinski definition) is 1. The molecule has 1 N–H and O–H groups in total. The summed E-state index contributed by atoms with van der Waals surface area (Å²) in [6, 6.07) is 9.85. The van der Waals surface area contributed by atoms with Crippen molar-refractivity contribution >= 4 is 46.4 Å². The highest BCUT2D eigenvalue weighted by molar-refractivity contribution is 5.88. The Labute approximate surface area is 252 Å². The number of aromatic nitrogens is 4. The lowest BCUT2D eigenvalue weighted by Crippen LogP contribution is -2.48. The number of alkyl halides is 2. The molecule has 4 aromatic rings. The van der Waals surface area contributed by atoms with E-state index in [0.717, 1.165) is 16.8 Å². The van der Waals surface area contributed by atoms with Gasteiger partial charge in [-0.25, -0.2) is 19.9 Å². The third-order valence-electron chi connectivity index (χ3n) is 6.98. The second-order valence-electron chi connectivity index (χ2n) is 9.74. The molecule has 0 bridgehead atoms. The van der Waals surface area contributed by atoms with Crippen molar-refractivity contribution in [1.82, 2.24) is 24.8 Å². The number of benzene rings is 2. The monoisotopic (exact) mass is 603 g/mol. The van der Waals surface area contributed by atoms with Gasteiger partial charge in [-0.15, -0.1) is 0 Å². The van der Waals surface area contributed by atoms with Crippen molar-refractivity contribution in [2.24, 2.45) is 4.99 Å². The van der Waals surface area contributed by atoms with Gasteiger partial charge in [0.15, 0.2) is 5.82 Å². The molecule has 3 heterocycles. The van der Waals surface area contributed by atoms with Gasteiger partial charge in [0.2, 0.25) is 11.9 Å². The van der Waals surface area contributed by atoms with Crippen molar-refractivity contribution in [3.8, 4) is 17.2 Å². The van der Waals surface area contributed by atoms with Crippen molar-refractivity contribution in [2.75, 3.05) is 55.5 Å². The molecule has 1 amide bonds. The molecular formula is C30H31F2N9O3. The van der Waals surface area contributed by atoms with E-state index in [0.29, 0.717) is 71.9 Å². The zero-order valence-electron chi connectivity index (χ0n) is 24.4. The molecule has 0 unspecified atom stereocenters. The van der Waals surface area contributed by atoms with E-state index >= 15 is 0 Å². The Morgan fingerprint density at radius 1 is 1.11 bits per heavy atom. The van der Waals surface area contributed by atoms with E-state index in [1.54, 1.807) is 29.3 Å². The molecule has 2 aromatic heterocycles. The Bertz CT molecular complexity index is 1680. The number of aryl methyl sites for hydroxylation is 1. The third-order valence-corrected chi connectivity index (χ3v) is 6.98. The van der Waals surface area contributed by atoms with Crippen molar-refractivity contribution in [1.29, 1.82) is 0 Å². The topological polar surface area (TPSA) is 121 Å². The fourth-order valence-corrected chi connectivity index (χ4v) is 4.69. The molecule has 2 aromatic carbocycles. The van der Waals surface area contributed by atoms with Crippen LogP contribution in [0.3, 0.4) is 0 Å². The molecule has 0 spiro atoms. The number of piperazine rings is 1. The molecule has 0 aliphatic carbocycles. The summed E-state index contributed by atoms with van der Waals surface area (Å²) in [6.45, 7) is 4.94. The second kappa shape index (κ2) is 13.3. The fraction of sp³-hybridized carbons (Fsp3) is 0.267. The van der Waals surface area contributed by atoms with Crippen molar-refractivity contribution in [2.45, 2.75) is 13.5 Å². The van der Waals surface area contributed by atoms with Crippen molar-refractivity contribution < 1.29 is 23.0 Å². The van der Waals surface area contributed by atoms with Gasteiger partial charge < -0.3 is 24.6 Å². The predicted octanol–water partition coefficient (Wildman–Crippen LogP) is 4.79. The second-order valence-corrected chi connectivity index (χ2v) is 9.74. The average molecular weight is 604 g/mol. The van der Waals surface area contributed by atoms with Gasteiger partial charge in [-0.05, 0) is 48.9 Å². The largest absolute Gasteiger partial charge is 0.494 e. The van der Waals surface area contributed by atoms with Gasteiger partial charge in [0.25, 0.3) is 0 Å². The zero-order chi connectivity index (χ0) is 31.2. The summed E-state index contributed by atoms with van der Waals surface area (Å²) in [7, 11) is 2.97. The number of nitrogens with one attached hydrogen (secondary N) is 1. The molecule has 1 aliphatic rings. The summed E-state index contributed by atoms with van der Waals surface area (Å²) < 4.78 is 38.4. The molecule has 12 nitrogen and oxygen atoms in total. The fourth-order valence-electron chi connectivity index (χ4n) is 4.69. The maximum atomic E-state index is 13.3. The molecule has 228 valence electrons. The Morgan fingerprint density at radius 3 is 2.52 bits per heavy atom. The Morgan fingerprint density at radius 2 is 1.86 bits per heavy atom. The molecule has 14 heteroatoms. The first-order valence-electron chi connectivity index (χ1n) is 13.7. The summed E-state index contributed by atoms with van der Waals surface area (Å²) in [4.78, 5) is 38.1. The predicted molar refractivity (Wildman–Crippen MR) is 165 cm³/mol. The summed E-state index contributed by atoms with van der Waals surface area (Å²) in [5.74, 6) is 2.34. The van der Waals surface area contributed by atoms with E-state index in [4.69, 9.17) is 14.5 Å². The zero-order valence-corrected chi connectivity index (χ0v) is 24.4. The summed E-state index contributed by atoms with van der Waals surface area (Å²) >= 11 is 0. The lowest BCUT2D eigenvalue weighted by atomic mass is 10.1. The molecule has 5 rings (SSSR count). The van der Waals surface area contributed by atoms with E-state index in [1.807, 2.05) is 17.9 Å². The number of methoxy groups -OCH3 is 1. The first kappa shape index (κ1) is 30.1. The van der Waals surface area contributed by atoms with E-state index < -0.39 is 6.55 Å². The number of nitrogens with zero attached hydrogens (tertiary/aromatic N) is 8. The molecule has 44 heavy (non-hydrogen) atoms. The number of anilines is 4. The molecule has 0 atom stereocenters. The minimum atomic E-state index is -2.73. The first-order chi connectivity index (χ1) is 21.3. The van der Waals surface area contributed by atoms with Crippen LogP contribution in [0.4, 0.5) is 31.9 Å². The van der Waals surface area contributed by atoms with Gasteiger partial charge >= 0.3 is 6.55 Å². The molecule has 1 aliphatic heterocycles. The van der Waals surface area contributed by atoms with E-state index in [2.05, 4.69) is 31.8 Å². The van der Waals surface area contributed by atoms with Crippen LogP contribution in [0.5, 0.6) is 17.2 Å². The lowest BCUT2D eigenvalue weighted by Gasteiger charge is -2.34. The summed E-state index contributed by atoms with van der Waals surface area (Å²) in [6.07, 6.45) is 5.46. The Balaban J connectivity index is 1.36. The summed E-state index contributed by atoms with van der Waals surface area (Å²) in [5, 5.41) is 3.31. The van der Waals surface area contributed by atoms with Crippen molar-refractivity contribution in [3.05, 3.63) is 67.1 Å². The van der Waals surface area contributed by atoms with E-state index in [1.165, 1.54) is 38.7 Å². The van der Waals surface area contributed by atoms with Crippen LogP contribution in [0.25, 0.3) is 11.0 Å². The normalized spacial score (nSPS) is 13.4. The number of rotatable bonds is 10. The van der Waals surface area contributed by atoms with Crippen LogP contribution >= 0.6 is 0 Å². The van der Waals surface area contributed by atoms with E-state index in [-0.39, 0.29) is 11.6 Å². The number of ether oxygens (including phenoxy) is 2. The number of fused-ring (bicyclic) bond motifs is 1. The Kier molecular flexibility index (Phi) is 9.07. The van der Waals surface area contributed by atoms with Crippen LogP contribution in [0.1, 0.15) is 5.56 Å². The number of hydrogen-bond acceptors (Lipinski definition) is 10. The average Bonchev–Trinajstić information content (AvgIpc) is 3.04. The van der Waals surface area contributed by atoms with Crippen LogP contribution in [-0.4, -0.2) is 84.0 Å². The van der Waals surface area contributed by atoms with Gasteiger partial charge in [0.1, 0.15) is 34.6 Å². The first-order valence-corrected chi connectivity index (χ1v) is 13.7. The maximum Gasteiger partial charge on any atom is 0.320 e. The molecule has 0 saturated carbocycles. The highest BCUT2D eigenvalue weighted by Crippen LogP contribution is 2.37. The molecular weight excluding hydrogens is 572 g/mol.